The summed E-state index contributed by atoms with van der Waals surface area (Å²) in [6.07, 6.45) is -14.9. The quantitative estimate of drug-likeness (QED) is 0.545. The molecule has 27 heavy (non-hydrogen) atoms. The zero-order chi connectivity index (χ0) is 22.7. The first kappa shape index (κ1) is 25.9. The van der Waals surface area contributed by atoms with Crippen LogP contribution in [0.15, 0.2) is 0 Å². The Bertz CT molecular complexity index is 775. The van der Waals surface area contributed by atoms with Gasteiger partial charge in [0, 0.05) is 0 Å². The van der Waals surface area contributed by atoms with Crippen molar-refractivity contribution in [2.45, 2.75) is 34.7 Å². The number of halogens is 14. The smallest absolute Gasteiger partial charge is 0.425 e. The molecule has 0 spiro atoms. The van der Waals surface area contributed by atoms with Gasteiger partial charge in [0.05, 0.1) is 0 Å². The number of hydrogen-bond donors (Lipinski definition) is 0. The van der Waals surface area contributed by atoms with Crippen LogP contribution >= 0.6 is 0 Å². The summed E-state index contributed by atoms with van der Waals surface area (Å²) in [7, 11) is -16.4. The molecule has 0 aliphatic rings. The Balaban J connectivity index is 6.41. The minimum atomic E-state index is -8.37. The second kappa shape index (κ2) is 6.19. The first-order chi connectivity index (χ1) is 11.2. The van der Waals surface area contributed by atoms with Crippen LogP contribution in [0.1, 0.15) is 0 Å². The first-order valence-corrected chi connectivity index (χ1v) is 7.97. The van der Waals surface area contributed by atoms with E-state index in [1.54, 1.807) is 0 Å². The van der Waals surface area contributed by atoms with E-state index in [2.05, 4.69) is 0 Å². The molecule has 0 aromatic heterocycles. The molecule has 0 saturated carbocycles. The van der Waals surface area contributed by atoms with Crippen LogP contribution in [0.25, 0.3) is 4.13 Å². The van der Waals surface area contributed by atoms with Crippen molar-refractivity contribution >= 4 is 20.0 Å². The Morgan fingerprint density at radius 3 is 1.00 bits per heavy atom. The molecule has 0 unspecified atom stereocenters. The summed E-state index contributed by atoms with van der Waals surface area (Å²) in [5.74, 6) is -16.0. The monoisotopic (exact) mass is 480 g/mol. The standard InChI is InChI=1S/C6F14NO4S2/c7-1(8,3(11,12)13)2(9,10)5(17,18)26(22,23)21-27(24,25)6(19,20)4(14,15)16/q-1. The molecule has 0 aliphatic heterocycles. The fraction of sp³-hybridized carbons (Fsp3) is 1.00. The van der Waals surface area contributed by atoms with Gasteiger partial charge in [0.15, 0.2) is 20.0 Å². The summed E-state index contributed by atoms with van der Waals surface area (Å²) >= 11 is 0. The van der Waals surface area contributed by atoms with Gasteiger partial charge in [-0.05, 0) is 0 Å². The number of alkyl halides is 14. The summed E-state index contributed by atoms with van der Waals surface area (Å²) in [6, 6.07) is 0. The second-order valence-corrected chi connectivity index (χ2v) is 7.72. The molecule has 0 atom stereocenters. The van der Waals surface area contributed by atoms with Gasteiger partial charge < -0.3 is 4.13 Å². The molecular weight excluding hydrogens is 480 g/mol. The third kappa shape index (κ3) is 3.76. The summed E-state index contributed by atoms with van der Waals surface area (Å²) in [5.41, 5.74) is 0. The highest BCUT2D eigenvalue weighted by Crippen LogP contribution is 2.56. The van der Waals surface area contributed by atoms with Crippen LogP contribution in [-0.2, 0) is 20.0 Å². The van der Waals surface area contributed by atoms with Crippen molar-refractivity contribution in [2.24, 2.45) is 0 Å². The zero-order valence-corrected chi connectivity index (χ0v) is 12.8. The highest BCUT2D eigenvalue weighted by Gasteiger charge is 2.84. The van der Waals surface area contributed by atoms with Crippen LogP contribution in [-0.4, -0.2) is 51.5 Å². The Morgan fingerprint density at radius 2 is 0.741 bits per heavy atom. The molecule has 0 saturated heterocycles. The normalized spacial score (nSPS) is 16.5. The van der Waals surface area contributed by atoms with Crippen LogP contribution in [0.3, 0.4) is 0 Å². The van der Waals surface area contributed by atoms with Gasteiger partial charge in [-0.15, -0.1) is 0 Å². The molecule has 0 amide bonds. The van der Waals surface area contributed by atoms with Crippen molar-refractivity contribution in [3.8, 4) is 0 Å². The molecule has 0 fully saturated rings. The van der Waals surface area contributed by atoms with Gasteiger partial charge in [0.2, 0.25) is 0 Å². The summed E-state index contributed by atoms with van der Waals surface area (Å²) in [5, 5.41) is -15.2. The highest BCUT2D eigenvalue weighted by atomic mass is 32.3. The lowest BCUT2D eigenvalue weighted by molar-refractivity contribution is -0.382. The maximum absolute atomic E-state index is 13.0. The van der Waals surface area contributed by atoms with E-state index in [1.165, 1.54) is 0 Å². The average molecular weight is 480 g/mol. The summed E-state index contributed by atoms with van der Waals surface area (Å²) in [4.78, 5) is 0. The van der Waals surface area contributed by atoms with Crippen molar-refractivity contribution in [3.05, 3.63) is 4.13 Å². The molecule has 164 valence electrons. The molecule has 0 bridgehead atoms. The lowest BCUT2D eigenvalue weighted by Gasteiger charge is -2.37. The van der Waals surface area contributed by atoms with E-state index < -0.39 is 54.8 Å². The fourth-order valence-corrected chi connectivity index (χ4v) is 3.42. The second-order valence-electron chi connectivity index (χ2n) is 4.20. The predicted molar refractivity (Wildman–Crippen MR) is 53.1 cm³/mol. The minimum Gasteiger partial charge on any atom is -0.425 e. The van der Waals surface area contributed by atoms with E-state index in [1.807, 2.05) is 0 Å². The van der Waals surface area contributed by atoms with E-state index in [0.717, 1.165) is 0 Å². The Hall–Kier alpha value is -1.12. The zero-order valence-electron chi connectivity index (χ0n) is 11.2. The maximum Gasteiger partial charge on any atom is 0.467 e. The van der Waals surface area contributed by atoms with E-state index in [4.69, 9.17) is 0 Å². The summed E-state index contributed by atoms with van der Waals surface area (Å²) < 4.78 is 215. The third-order valence-electron chi connectivity index (χ3n) is 2.29. The van der Waals surface area contributed by atoms with Crippen LogP contribution in [0.2, 0.25) is 0 Å². The molecule has 0 aliphatic carbocycles. The van der Waals surface area contributed by atoms with Crippen molar-refractivity contribution in [1.29, 1.82) is 0 Å². The molecule has 0 aromatic carbocycles. The van der Waals surface area contributed by atoms with Gasteiger partial charge in [-0.1, -0.05) is 0 Å². The van der Waals surface area contributed by atoms with Gasteiger partial charge in [-0.3, -0.25) is 0 Å². The van der Waals surface area contributed by atoms with E-state index >= 15 is 0 Å². The highest BCUT2D eigenvalue weighted by molar-refractivity contribution is 8.13. The minimum absolute atomic E-state index is 0.156. The Morgan fingerprint density at radius 1 is 0.444 bits per heavy atom. The fourth-order valence-electron chi connectivity index (χ4n) is 0.892. The molecule has 21 heteroatoms. The van der Waals surface area contributed by atoms with Crippen molar-refractivity contribution in [1.82, 2.24) is 0 Å². The van der Waals surface area contributed by atoms with Crippen LogP contribution in [0.4, 0.5) is 61.5 Å². The molecule has 0 rings (SSSR count). The lowest BCUT2D eigenvalue weighted by Crippen LogP contribution is -2.63. The summed E-state index contributed by atoms with van der Waals surface area (Å²) in [6.45, 7) is 0. The average Bonchev–Trinajstić information content (AvgIpc) is 2.33. The number of sulfonamides is 2. The molecule has 0 radical (unpaired) electrons. The van der Waals surface area contributed by atoms with E-state index in [-0.39, 0.29) is 4.13 Å². The van der Waals surface area contributed by atoms with Crippen molar-refractivity contribution in [3.63, 3.8) is 0 Å². The SMILES string of the molecule is O=S(=O)([N-]S(=O)(=O)C(F)(F)C(F)(F)C(F)(F)C(F)(F)F)C(F)(F)C(F)(F)F. The molecule has 0 aromatic rings. The van der Waals surface area contributed by atoms with Crippen LogP contribution in [0, 0.1) is 0 Å². The first-order valence-electron chi connectivity index (χ1n) is 5.09. The van der Waals surface area contributed by atoms with Crippen LogP contribution < -0.4 is 0 Å². The number of hydrogen-bond acceptors (Lipinski definition) is 4. The molecule has 5 nitrogen and oxygen atoms in total. The van der Waals surface area contributed by atoms with Crippen LogP contribution in [0.5, 0.6) is 0 Å². The number of rotatable bonds is 6. The Kier molecular flexibility index (Phi) is 5.93. The lowest BCUT2D eigenvalue weighted by atomic mass is 10.1. The van der Waals surface area contributed by atoms with Gasteiger partial charge in [-0.25, -0.2) is 16.8 Å². The molecular formula is C6F14NO4S2-. The topological polar surface area (TPSA) is 82.4 Å². The predicted octanol–water partition coefficient (Wildman–Crippen LogP) is 3.60. The van der Waals surface area contributed by atoms with E-state index in [9.17, 15) is 78.3 Å². The maximum atomic E-state index is 13.0. The third-order valence-corrected chi connectivity index (χ3v) is 5.64. The van der Waals surface area contributed by atoms with Gasteiger partial charge >= 0.3 is 34.7 Å². The van der Waals surface area contributed by atoms with Crippen molar-refractivity contribution < 1.29 is 78.3 Å². The Labute approximate surface area is 138 Å². The molecule has 0 heterocycles. The van der Waals surface area contributed by atoms with Gasteiger partial charge in [-0.2, -0.15) is 61.5 Å². The van der Waals surface area contributed by atoms with Gasteiger partial charge in [0.25, 0.3) is 0 Å². The number of nitrogens with zero attached hydrogens (tertiary/aromatic N) is 1. The van der Waals surface area contributed by atoms with E-state index in [0.29, 0.717) is 0 Å². The van der Waals surface area contributed by atoms with Crippen molar-refractivity contribution in [2.75, 3.05) is 0 Å². The molecule has 0 N–H and O–H groups in total. The van der Waals surface area contributed by atoms with Gasteiger partial charge in [0.1, 0.15) is 0 Å². The largest absolute Gasteiger partial charge is 0.467 e.